The number of benzene rings is 3. The van der Waals surface area contributed by atoms with Gasteiger partial charge in [0.05, 0.1) is 7.11 Å². The second-order valence-electron chi connectivity index (χ2n) is 6.68. The lowest BCUT2D eigenvalue weighted by atomic mass is 10.1. The van der Waals surface area contributed by atoms with Crippen molar-refractivity contribution in [2.75, 3.05) is 7.11 Å². The zero-order valence-corrected chi connectivity index (χ0v) is 17.0. The van der Waals surface area contributed by atoms with Gasteiger partial charge in [-0.25, -0.2) is 0 Å². The Labute approximate surface area is 174 Å². The van der Waals surface area contributed by atoms with Gasteiger partial charge in [-0.3, -0.25) is 20.4 Å². The van der Waals surface area contributed by atoms with Crippen LogP contribution in [0.3, 0.4) is 0 Å². The summed E-state index contributed by atoms with van der Waals surface area (Å²) in [5, 5.41) is 2.10. The van der Waals surface area contributed by atoms with Crippen LogP contribution >= 0.6 is 0 Å². The lowest BCUT2D eigenvalue weighted by molar-refractivity contribution is -0.135. The topological polar surface area (TPSA) is 85.9 Å². The summed E-state index contributed by atoms with van der Waals surface area (Å²) in [5.41, 5.74) is 4.71. The fourth-order valence-corrected chi connectivity index (χ4v) is 2.74. The molecule has 0 heterocycles. The number of hydrogen-bond acceptors (Lipinski definition) is 5. The van der Waals surface area contributed by atoms with Crippen LogP contribution in [0.1, 0.15) is 13.8 Å². The number of fused-ring (bicyclic) bond motifs is 1. The van der Waals surface area contributed by atoms with E-state index in [1.165, 1.54) is 0 Å². The average Bonchev–Trinajstić information content (AvgIpc) is 2.77. The van der Waals surface area contributed by atoms with Gasteiger partial charge in [-0.1, -0.05) is 30.3 Å². The predicted molar refractivity (Wildman–Crippen MR) is 113 cm³/mol. The van der Waals surface area contributed by atoms with E-state index in [1.807, 2.05) is 36.4 Å². The number of hydrogen-bond donors (Lipinski definition) is 2. The smallest absolute Gasteiger partial charge is 0.279 e. The minimum Gasteiger partial charge on any atom is -0.497 e. The minimum absolute atomic E-state index is 0.479. The van der Waals surface area contributed by atoms with Crippen LogP contribution in [0.25, 0.3) is 10.8 Å². The van der Waals surface area contributed by atoms with Crippen molar-refractivity contribution in [1.82, 2.24) is 10.9 Å². The second kappa shape index (κ2) is 9.65. The molecule has 7 nitrogen and oxygen atoms in total. The normalized spacial score (nSPS) is 12.5. The van der Waals surface area contributed by atoms with E-state index in [0.29, 0.717) is 17.2 Å². The molecule has 0 bridgehead atoms. The molecule has 0 radical (unpaired) electrons. The molecule has 2 N–H and O–H groups in total. The number of carbonyl (C=O) groups excluding carboxylic acids is 2. The monoisotopic (exact) mass is 408 g/mol. The van der Waals surface area contributed by atoms with Crippen molar-refractivity contribution in [3.05, 3.63) is 66.7 Å². The molecular weight excluding hydrogens is 384 g/mol. The van der Waals surface area contributed by atoms with E-state index < -0.39 is 24.0 Å². The highest BCUT2D eigenvalue weighted by molar-refractivity contribution is 5.87. The molecular formula is C23H24N2O5. The van der Waals surface area contributed by atoms with Crippen LogP contribution in [-0.2, 0) is 9.59 Å². The summed E-state index contributed by atoms with van der Waals surface area (Å²) in [5.74, 6) is 0.800. The molecule has 0 aliphatic rings. The molecule has 3 aromatic rings. The fraction of sp³-hybridized carbons (Fsp3) is 0.217. The summed E-state index contributed by atoms with van der Waals surface area (Å²) < 4.78 is 16.3. The Morgan fingerprint density at radius 3 is 1.80 bits per heavy atom. The van der Waals surface area contributed by atoms with E-state index in [0.717, 1.165) is 10.8 Å². The van der Waals surface area contributed by atoms with Crippen molar-refractivity contribution in [2.24, 2.45) is 0 Å². The largest absolute Gasteiger partial charge is 0.497 e. The predicted octanol–water partition coefficient (Wildman–Crippen LogP) is 3.23. The van der Waals surface area contributed by atoms with Crippen LogP contribution in [0.2, 0.25) is 0 Å². The summed E-state index contributed by atoms with van der Waals surface area (Å²) in [7, 11) is 1.57. The highest BCUT2D eigenvalue weighted by Gasteiger charge is 2.19. The van der Waals surface area contributed by atoms with Gasteiger partial charge in [-0.2, -0.15) is 0 Å². The zero-order chi connectivity index (χ0) is 21.5. The Kier molecular flexibility index (Phi) is 6.75. The van der Waals surface area contributed by atoms with Crippen LogP contribution < -0.4 is 25.1 Å². The number of nitrogens with one attached hydrogen (secondary N) is 2. The molecule has 0 aliphatic heterocycles. The van der Waals surface area contributed by atoms with Crippen molar-refractivity contribution >= 4 is 22.6 Å². The quantitative estimate of drug-likeness (QED) is 0.586. The van der Waals surface area contributed by atoms with Gasteiger partial charge in [0.2, 0.25) is 0 Å². The molecule has 3 aromatic carbocycles. The fourth-order valence-electron chi connectivity index (χ4n) is 2.74. The average molecular weight is 408 g/mol. The molecule has 2 atom stereocenters. The molecule has 0 fully saturated rings. The van der Waals surface area contributed by atoms with Crippen molar-refractivity contribution in [3.8, 4) is 17.2 Å². The first-order valence-electron chi connectivity index (χ1n) is 9.52. The number of rotatable bonds is 7. The summed E-state index contributed by atoms with van der Waals surface area (Å²) in [4.78, 5) is 24.4. The number of hydrazine groups is 1. The number of methoxy groups -OCH3 is 1. The lowest BCUT2D eigenvalue weighted by Crippen LogP contribution is -2.50. The first-order valence-corrected chi connectivity index (χ1v) is 9.52. The lowest BCUT2D eigenvalue weighted by Gasteiger charge is -2.18. The van der Waals surface area contributed by atoms with Crippen LogP contribution in [0.15, 0.2) is 66.7 Å². The Bertz CT molecular complexity index is 1020. The van der Waals surface area contributed by atoms with Gasteiger partial charge < -0.3 is 14.2 Å². The highest BCUT2D eigenvalue weighted by atomic mass is 16.5. The molecule has 7 heteroatoms. The van der Waals surface area contributed by atoms with Crippen LogP contribution in [0, 0.1) is 0 Å². The van der Waals surface area contributed by atoms with E-state index >= 15 is 0 Å². The van der Waals surface area contributed by atoms with Gasteiger partial charge >= 0.3 is 0 Å². The molecule has 0 saturated carbocycles. The van der Waals surface area contributed by atoms with Crippen LogP contribution in [0.4, 0.5) is 0 Å². The SMILES string of the molecule is COc1ccc(O[C@H](C)C(=O)NNC(=O)[C@@H](C)Oc2ccc3ccccc3c2)cc1. The van der Waals surface area contributed by atoms with Gasteiger partial charge in [0.15, 0.2) is 12.2 Å². The third-order valence-corrected chi connectivity index (χ3v) is 4.45. The molecule has 3 rings (SSSR count). The Hall–Kier alpha value is -3.74. The molecule has 0 spiro atoms. The van der Waals surface area contributed by atoms with E-state index in [2.05, 4.69) is 10.9 Å². The third-order valence-electron chi connectivity index (χ3n) is 4.45. The Morgan fingerprint density at radius 1 is 0.700 bits per heavy atom. The van der Waals surface area contributed by atoms with Gasteiger partial charge in [-0.15, -0.1) is 0 Å². The number of ether oxygens (including phenoxy) is 3. The summed E-state index contributed by atoms with van der Waals surface area (Å²) in [6, 6.07) is 20.3. The van der Waals surface area contributed by atoms with Gasteiger partial charge in [0.1, 0.15) is 17.2 Å². The second-order valence-corrected chi connectivity index (χ2v) is 6.68. The van der Waals surface area contributed by atoms with E-state index in [9.17, 15) is 9.59 Å². The van der Waals surface area contributed by atoms with Crippen molar-refractivity contribution in [1.29, 1.82) is 0 Å². The summed E-state index contributed by atoms with van der Waals surface area (Å²) in [6.07, 6.45) is -1.61. The van der Waals surface area contributed by atoms with Gasteiger partial charge in [0.25, 0.3) is 11.8 Å². The van der Waals surface area contributed by atoms with Gasteiger partial charge in [0, 0.05) is 0 Å². The van der Waals surface area contributed by atoms with Crippen LogP contribution in [0.5, 0.6) is 17.2 Å². The Morgan fingerprint density at radius 2 is 1.20 bits per heavy atom. The molecule has 0 unspecified atom stereocenters. The molecule has 0 aliphatic carbocycles. The maximum atomic E-state index is 12.3. The molecule has 30 heavy (non-hydrogen) atoms. The molecule has 156 valence electrons. The molecule has 0 aromatic heterocycles. The van der Waals surface area contributed by atoms with E-state index in [-0.39, 0.29) is 0 Å². The summed E-state index contributed by atoms with van der Waals surface area (Å²) in [6.45, 7) is 3.19. The highest BCUT2D eigenvalue weighted by Crippen LogP contribution is 2.21. The number of amides is 2. The van der Waals surface area contributed by atoms with Crippen LogP contribution in [-0.4, -0.2) is 31.1 Å². The first kappa shape index (κ1) is 21.0. The summed E-state index contributed by atoms with van der Waals surface area (Å²) >= 11 is 0. The third kappa shape index (κ3) is 5.41. The maximum absolute atomic E-state index is 12.3. The van der Waals surface area contributed by atoms with Crippen molar-refractivity contribution in [3.63, 3.8) is 0 Å². The van der Waals surface area contributed by atoms with E-state index in [4.69, 9.17) is 14.2 Å². The van der Waals surface area contributed by atoms with Crippen molar-refractivity contribution < 1.29 is 23.8 Å². The minimum atomic E-state index is -0.810. The first-order chi connectivity index (χ1) is 14.5. The number of carbonyl (C=O) groups is 2. The molecule has 0 saturated heterocycles. The zero-order valence-electron chi connectivity index (χ0n) is 17.0. The standard InChI is InChI=1S/C23H24N2O5/c1-15(29-20-12-10-19(28-3)11-13-20)22(26)24-25-23(27)16(2)30-21-9-8-17-6-4-5-7-18(17)14-21/h4-16H,1-3H3,(H,24,26)(H,25,27)/t15-,16-/m1/s1. The van der Waals surface area contributed by atoms with Gasteiger partial charge in [-0.05, 0) is 61.0 Å². The van der Waals surface area contributed by atoms with Crippen molar-refractivity contribution in [2.45, 2.75) is 26.1 Å². The maximum Gasteiger partial charge on any atom is 0.279 e. The van der Waals surface area contributed by atoms with E-state index in [1.54, 1.807) is 51.3 Å². The Balaban J connectivity index is 1.48. The molecule has 2 amide bonds.